The highest BCUT2D eigenvalue weighted by Gasteiger charge is 2.59. The van der Waals surface area contributed by atoms with Gasteiger partial charge < -0.3 is 97.0 Å². The third kappa shape index (κ3) is 19.0. The minimum atomic E-state index is -2.59. The minimum Gasteiger partial charge on any atom is -0.462 e. The average molecular weight is 1200 g/mol. The summed E-state index contributed by atoms with van der Waals surface area (Å²) in [5.74, 6) is -6.67. The van der Waals surface area contributed by atoms with Crippen molar-refractivity contribution in [2.45, 2.75) is 256 Å². The Balaban J connectivity index is 1.40. The van der Waals surface area contributed by atoms with Gasteiger partial charge in [-0.25, -0.2) is 4.79 Å². The first-order valence-corrected chi connectivity index (χ1v) is 29.3. The van der Waals surface area contributed by atoms with E-state index in [0.717, 1.165) is 11.1 Å². The predicted octanol–water partition coefficient (Wildman–Crippen LogP) is 4.34. The predicted molar refractivity (Wildman–Crippen MR) is 302 cm³/mol. The lowest BCUT2D eigenvalue weighted by Crippen LogP contribution is -2.66. The second-order valence-electron chi connectivity index (χ2n) is 23.4. The van der Waals surface area contributed by atoms with Crippen LogP contribution in [0.5, 0.6) is 0 Å². The van der Waals surface area contributed by atoms with E-state index in [1.165, 1.54) is 49.2 Å². The standard InChI is InChI=1S/C61H98O23/c1-30-18-17-19-43(64)47(72-14)27-49(81-59(69)34(5)24-32(3)22-31(2)23-33(4)45(21-20-30)82-60-53(67)52(66)57(74-16)39(10)77-60)58(68)61(70)36(7)54(78-40(11)62)35(6)46(84-61)25-42(29-71-13)80-50-26-44(65)55(37(8)75-50)83-51-28-48(73-15)56(38(9)76-51)79-41(12)63/h18,20-24,33,35-39,42-58,60,64-68,70H,17,19,25-29H2,1-16H3/b21-20+,30-18+,31-23+,32-22+,34-24+/t33-,35+,36-,37+,38-,39+,42-,43-,44+,45-,46-,47+,48-,49+,50+,51+,52+,53+,54+,55+,56-,57+,58-,60+,61-/m1/s1. The summed E-state index contributed by atoms with van der Waals surface area (Å²) in [6, 6.07) is 0. The Kier molecular flexibility index (Phi) is 27.6. The third-order valence-electron chi connectivity index (χ3n) is 16.6. The molecule has 84 heavy (non-hydrogen) atoms. The van der Waals surface area contributed by atoms with E-state index in [1.807, 2.05) is 51.2 Å². The van der Waals surface area contributed by atoms with Gasteiger partial charge in [0.2, 0.25) is 5.79 Å². The lowest BCUT2D eigenvalue weighted by atomic mass is 9.76. The van der Waals surface area contributed by atoms with E-state index in [1.54, 1.807) is 47.6 Å². The van der Waals surface area contributed by atoms with Crippen molar-refractivity contribution in [3.05, 3.63) is 58.7 Å². The van der Waals surface area contributed by atoms with Gasteiger partial charge in [0.15, 0.2) is 25.0 Å². The summed E-state index contributed by atoms with van der Waals surface area (Å²) in [6.45, 7) is 20.0. The van der Waals surface area contributed by atoms with Crippen molar-refractivity contribution in [1.29, 1.82) is 0 Å². The summed E-state index contributed by atoms with van der Waals surface area (Å²) in [7, 11) is 5.77. The molecule has 0 radical (unpaired) electrons. The van der Waals surface area contributed by atoms with Crippen LogP contribution in [0, 0.1) is 17.8 Å². The fourth-order valence-corrected chi connectivity index (χ4v) is 12.0. The number of ether oxygens (including phenoxy) is 14. The number of allylic oxidation sites excluding steroid dienone is 7. The van der Waals surface area contributed by atoms with Crippen LogP contribution >= 0.6 is 0 Å². The van der Waals surface area contributed by atoms with Crippen LogP contribution < -0.4 is 0 Å². The van der Waals surface area contributed by atoms with Crippen LogP contribution in [0.4, 0.5) is 0 Å². The summed E-state index contributed by atoms with van der Waals surface area (Å²) in [4.78, 5) is 38.8. The van der Waals surface area contributed by atoms with Crippen LogP contribution in [0.2, 0.25) is 0 Å². The molecule has 4 fully saturated rings. The molecule has 0 aromatic rings. The van der Waals surface area contributed by atoms with E-state index in [-0.39, 0.29) is 50.2 Å². The Morgan fingerprint density at radius 1 is 0.714 bits per heavy atom. The largest absolute Gasteiger partial charge is 0.462 e. The van der Waals surface area contributed by atoms with E-state index in [0.29, 0.717) is 12.0 Å². The SMILES string of the molecule is COC[C@@H](C[C@H]1O[C@@](O)([C@H](O)[C@@H]2C[C@H](OC)[C@H](O)CC/C=C(C)/C=C/[C@@H](O[C@@H]3O[C@@H](C)[C@H](OC)[C@@H](O)[C@@H]3O)[C@H](C)/C=C(C)/C=C(C)/C=C(\C)C(=O)O2)[C@H](C)[C@@H](OC(C)=O)[C@H]1C)O[C@H]1C[C@H](O)[C@@H](O[C@H]2C[C@@H](OC)[C@H](OC(C)=O)[C@@H](C)O2)[C@H](C)O1. The summed E-state index contributed by atoms with van der Waals surface area (Å²) >= 11 is 0. The molecular formula is C61H98O23. The Hall–Kier alpha value is -3.57. The van der Waals surface area contributed by atoms with Gasteiger partial charge in [0.1, 0.15) is 48.8 Å². The van der Waals surface area contributed by atoms with Gasteiger partial charge in [-0.1, -0.05) is 67.9 Å². The number of carbonyl (C=O) groups is 3. The lowest BCUT2D eigenvalue weighted by Gasteiger charge is -2.52. The number of cyclic esters (lactones) is 1. The van der Waals surface area contributed by atoms with Crippen LogP contribution in [-0.4, -0.2) is 218 Å². The molecule has 0 aromatic carbocycles. The zero-order chi connectivity index (χ0) is 62.5. The Morgan fingerprint density at radius 2 is 1.35 bits per heavy atom. The molecule has 6 N–H and O–H groups in total. The van der Waals surface area contributed by atoms with Crippen molar-refractivity contribution < 1.29 is 111 Å². The third-order valence-corrected chi connectivity index (χ3v) is 16.6. The molecule has 4 saturated heterocycles. The van der Waals surface area contributed by atoms with Crippen molar-refractivity contribution >= 4 is 17.9 Å². The highest BCUT2D eigenvalue weighted by molar-refractivity contribution is 5.88. The Bertz CT molecular complexity index is 2260. The van der Waals surface area contributed by atoms with E-state index >= 15 is 0 Å². The van der Waals surface area contributed by atoms with Crippen LogP contribution in [0.25, 0.3) is 0 Å². The molecule has 480 valence electrons. The van der Waals surface area contributed by atoms with E-state index in [4.69, 9.17) is 66.3 Å². The second kappa shape index (κ2) is 32.6. The molecule has 5 rings (SSSR count). The lowest BCUT2D eigenvalue weighted by molar-refractivity contribution is -0.365. The summed E-state index contributed by atoms with van der Waals surface area (Å²) in [5, 5.41) is 70.6. The topological polar surface area (TPSA) is 302 Å². The first-order valence-electron chi connectivity index (χ1n) is 29.3. The maximum Gasteiger partial charge on any atom is 0.334 e. The van der Waals surface area contributed by atoms with E-state index < -0.39 is 164 Å². The molecule has 25 atom stereocenters. The molecule has 0 spiro atoms. The van der Waals surface area contributed by atoms with Crippen LogP contribution in [-0.2, 0) is 80.7 Å². The number of hydrogen-bond acceptors (Lipinski definition) is 23. The van der Waals surface area contributed by atoms with Gasteiger partial charge in [0.05, 0.1) is 67.5 Å². The van der Waals surface area contributed by atoms with Crippen LogP contribution in [0.15, 0.2) is 58.7 Å². The zero-order valence-electron chi connectivity index (χ0n) is 51.9. The molecule has 5 aliphatic heterocycles. The summed E-state index contributed by atoms with van der Waals surface area (Å²) in [6.07, 6.45) is -9.51. The highest BCUT2D eigenvalue weighted by atomic mass is 16.7. The summed E-state index contributed by atoms with van der Waals surface area (Å²) < 4.78 is 83.9. The van der Waals surface area contributed by atoms with Gasteiger partial charge in [-0.05, 0) is 67.4 Å². The Labute approximate surface area is 495 Å². The summed E-state index contributed by atoms with van der Waals surface area (Å²) in [5.41, 5.74) is 2.39. The fourth-order valence-electron chi connectivity index (χ4n) is 12.0. The Morgan fingerprint density at radius 3 is 1.96 bits per heavy atom. The van der Waals surface area contributed by atoms with Gasteiger partial charge in [0, 0.05) is 85.4 Å². The number of esters is 3. The maximum absolute atomic E-state index is 14.3. The first kappa shape index (κ1) is 71.2. The number of methoxy groups -OCH3 is 4. The molecular weight excluding hydrogens is 1100 g/mol. The van der Waals surface area contributed by atoms with E-state index in [2.05, 4.69) is 0 Å². The normalized spacial score (nSPS) is 43.5. The van der Waals surface area contributed by atoms with Crippen molar-refractivity contribution in [2.75, 3.05) is 35.0 Å². The molecule has 23 heteroatoms. The smallest absolute Gasteiger partial charge is 0.334 e. The van der Waals surface area contributed by atoms with Gasteiger partial charge in [-0.15, -0.1) is 0 Å². The van der Waals surface area contributed by atoms with E-state index in [9.17, 15) is 45.0 Å². The number of hydrogen-bond donors (Lipinski definition) is 6. The quantitative estimate of drug-likeness (QED) is 0.0872. The van der Waals surface area contributed by atoms with Crippen LogP contribution in [0.3, 0.4) is 0 Å². The van der Waals surface area contributed by atoms with Crippen LogP contribution in [0.1, 0.15) is 122 Å². The molecule has 0 aromatic heterocycles. The van der Waals surface area contributed by atoms with Gasteiger partial charge in [-0.3, -0.25) is 9.59 Å². The molecule has 0 bridgehead atoms. The van der Waals surface area contributed by atoms with Gasteiger partial charge in [-0.2, -0.15) is 0 Å². The van der Waals surface area contributed by atoms with Crippen molar-refractivity contribution in [3.8, 4) is 0 Å². The van der Waals surface area contributed by atoms with Gasteiger partial charge in [0.25, 0.3) is 0 Å². The number of carbonyl (C=O) groups excluding carboxylic acids is 3. The molecule has 23 nitrogen and oxygen atoms in total. The number of aliphatic hydroxyl groups is 6. The molecule has 5 heterocycles. The zero-order valence-corrected chi connectivity index (χ0v) is 51.9. The highest BCUT2D eigenvalue weighted by Crippen LogP contribution is 2.44. The van der Waals surface area contributed by atoms with Crippen molar-refractivity contribution in [2.24, 2.45) is 17.8 Å². The molecule has 0 unspecified atom stereocenters. The maximum atomic E-state index is 14.3. The second-order valence-corrected chi connectivity index (χ2v) is 23.4. The number of rotatable bonds is 17. The van der Waals surface area contributed by atoms with Crippen molar-refractivity contribution in [3.63, 3.8) is 0 Å². The molecule has 5 aliphatic rings. The first-order chi connectivity index (χ1) is 39.5. The molecule has 0 aliphatic carbocycles. The molecule has 0 saturated carbocycles. The molecule has 0 amide bonds. The average Bonchev–Trinajstić information content (AvgIpc) is 2.48. The fraction of sp³-hybridized carbons (Fsp3) is 0.787. The minimum absolute atomic E-state index is 0.0228. The monoisotopic (exact) mass is 1200 g/mol. The van der Waals surface area contributed by atoms with Crippen molar-refractivity contribution in [1.82, 2.24) is 0 Å². The van der Waals surface area contributed by atoms with Gasteiger partial charge >= 0.3 is 17.9 Å². The number of aliphatic hydroxyl groups excluding tert-OH is 5.